The highest BCUT2D eigenvalue weighted by atomic mass is 35.5. The monoisotopic (exact) mass is 836 g/mol. The van der Waals surface area contributed by atoms with E-state index < -0.39 is 0 Å². The summed E-state index contributed by atoms with van der Waals surface area (Å²) >= 11 is 0. The Morgan fingerprint density at radius 1 is 0.519 bits per heavy atom. The first-order chi connectivity index (χ1) is 20.3. The standard InChI is InChI=1S/C29H53N11O2.4ClH.6H2O/c1-26-32-28(34-6-14-39(15-7-34)22-18-37(19-23-39)10-2-30-3-11-37)27(36(41)42)29(33-26)35-8-16-40(17-9-35)24-20-38(21-25-40)12-4-31-5-13-38;;;;;;;;;;/h30-31H,2-25H2,1H3;4*1H;6*1H2/q+4;;;;;;;;;;/p-3. The van der Waals surface area contributed by atoms with E-state index in [1.807, 2.05) is 6.92 Å². The van der Waals surface area contributed by atoms with Crippen LogP contribution in [-0.2, 0) is 0 Å². The lowest BCUT2D eigenvalue weighted by atomic mass is 10.1. The Morgan fingerprint density at radius 2 is 0.769 bits per heavy atom. The van der Waals surface area contributed by atoms with Crippen molar-refractivity contribution in [2.45, 2.75) is 6.92 Å². The lowest BCUT2D eigenvalue weighted by Gasteiger charge is -2.53. The van der Waals surface area contributed by atoms with Crippen molar-refractivity contribution in [2.24, 2.45) is 0 Å². The summed E-state index contributed by atoms with van der Waals surface area (Å²) in [5.41, 5.74) is 0.121. The zero-order valence-electron chi connectivity index (χ0n) is 30.4. The minimum Gasteiger partial charge on any atom is -1.00 e. The molecule has 0 bridgehead atoms. The van der Waals surface area contributed by atoms with Crippen molar-refractivity contribution in [3.05, 3.63) is 15.9 Å². The Balaban J connectivity index is -0.00000115. The van der Waals surface area contributed by atoms with Gasteiger partial charge in [-0.1, -0.05) is 0 Å². The number of aromatic nitrogens is 2. The average Bonchev–Trinajstić information content (AvgIpc) is 3.02. The SMILES string of the molecule is Cc1nc(N2CC[N+]3(CC2)CC[N+]2(CCNCC2)CC3)c([N+](=O)[O-])c(N2CC[N+]3(CC2)CC[N+]2(CCNCC2)CC3)n1.Cl.O.O.O.O.O.O.[Cl-].[Cl-].[Cl-]. The second-order valence-corrected chi connectivity index (χ2v) is 14.4. The Hall–Kier alpha value is -1.24. The van der Waals surface area contributed by atoms with Gasteiger partial charge in [0.2, 0.25) is 11.6 Å². The van der Waals surface area contributed by atoms with Gasteiger partial charge in [0.25, 0.3) is 0 Å². The van der Waals surface area contributed by atoms with Crippen LogP contribution in [-0.4, -0.2) is 223 Å². The van der Waals surface area contributed by atoms with Crippen molar-refractivity contribution in [2.75, 3.05) is 167 Å². The molecule has 312 valence electrons. The minimum absolute atomic E-state index is 0. The van der Waals surface area contributed by atoms with Crippen molar-refractivity contribution in [1.82, 2.24) is 20.6 Å². The van der Waals surface area contributed by atoms with E-state index in [2.05, 4.69) is 20.4 Å². The minimum atomic E-state index is -0.208. The summed E-state index contributed by atoms with van der Waals surface area (Å²) in [6.45, 7) is 29.0. The summed E-state index contributed by atoms with van der Waals surface area (Å²) in [6.07, 6.45) is 0. The highest BCUT2D eigenvalue weighted by Crippen LogP contribution is 2.37. The van der Waals surface area contributed by atoms with E-state index in [-0.39, 0.29) is 93.1 Å². The summed E-state index contributed by atoms with van der Waals surface area (Å²) in [4.78, 5) is 26.3. The third kappa shape index (κ3) is 11.4. The molecule has 1 aromatic rings. The number of piperazine rings is 6. The van der Waals surface area contributed by atoms with Gasteiger partial charge in [-0.25, -0.2) is 9.97 Å². The molecule has 0 atom stereocenters. The zero-order chi connectivity index (χ0) is 28.8. The largest absolute Gasteiger partial charge is 1.00 e. The molecule has 6 saturated heterocycles. The highest BCUT2D eigenvalue weighted by molar-refractivity contribution is 5.85. The third-order valence-electron chi connectivity index (χ3n) is 12.4. The van der Waals surface area contributed by atoms with Gasteiger partial charge in [-0.3, -0.25) is 10.1 Å². The molecule has 14 N–H and O–H groups in total. The number of nitrogens with zero attached hydrogens (tertiary/aromatic N) is 9. The van der Waals surface area contributed by atoms with E-state index in [9.17, 15) is 10.1 Å². The number of hydrogen-bond acceptors (Lipinski definition) is 8. The summed E-state index contributed by atoms with van der Waals surface area (Å²) in [5.74, 6) is 1.72. The molecule has 6 aliphatic heterocycles. The van der Waals surface area contributed by atoms with Crippen LogP contribution in [0.15, 0.2) is 0 Å². The molecule has 0 saturated carbocycles. The molecular weight excluding hydrogens is 772 g/mol. The van der Waals surface area contributed by atoms with Crippen LogP contribution in [0.1, 0.15) is 5.82 Å². The first-order valence-corrected chi connectivity index (χ1v) is 16.7. The molecular formula is C29H66Cl4N11O8+. The van der Waals surface area contributed by atoms with Gasteiger partial charge in [0.05, 0.1) is 83.5 Å². The number of anilines is 2. The van der Waals surface area contributed by atoms with Gasteiger partial charge in [-0.2, -0.15) is 0 Å². The van der Waals surface area contributed by atoms with Crippen molar-refractivity contribution in [3.63, 3.8) is 0 Å². The first kappa shape index (κ1) is 57.5. The van der Waals surface area contributed by atoms with Crippen LogP contribution < -0.4 is 57.7 Å². The fourth-order valence-corrected chi connectivity index (χ4v) is 9.02. The smallest absolute Gasteiger partial charge is 0.353 e. The van der Waals surface area contributed by atoms with Crippen molar-refractivity contribution in [1.29, 1.82) is 0 Å². The van der Waals surface area contributed by atoms with Crippen LogP contribution in [0.4, 0.5) is 17.3 Å². The molecule has 7 heterocycles. The lowest BCUT2D eigenvalue weighted by molar-refractivity contribution is -1.03. The van der Waals surface area contributed by atoms with Crippen LogP contribution in [0.25, 0.3) is 0 Å². The molecule has 1 aromatic heterocycles. The summed E-state index contributed by atoms with van der Waals surface area (Å²) in [6, 6.07) is 0. The number of hydrogen-bond donors (Lipinski definition) is 2. The Morgan fingerprint density at radius 3 is 1.02 bits per heavy atom. The molecule has 23 heteroatoms. The number of nitrogens with one attached hydrogen (secondary N) is 2. The van der Waals surface area contributed by atoms with Crippen LogP contribution in [0.2, 0.25) is 0 Å². The molecule has 0 radical (unpaired) electrons. The first-order valence-electron chi connectivity index (χ1n) is 16.7. The fraction of sp³-hybridized carbons (Fsp3) is 0.862. The van der Waals surface area contributed by atoms with Gasteiger partial charge in [-0.15, -0.1) is 12.4 Å². The van der Waals surface area contributed by atoms with Gasteiger partial charge in [0.1, 0.15) is 58.2 Å². The molecule has 6 fully saturated rings. The zero-order valence-corrected chi connectivity index (χ0v) is 33.4. The maximum absolute atomic E-state index is 12.6. The topological polar surface area (TPSA) is 288 Å². The highest BCUT2D eigenvalue weighted by Gasteiger charge is 2.47. The molecule has 6 aliphatic rings. The van der Waals surface area contributed by atoms with Gasteiger partial charge < -0.3 is 108 Å². The lowest BCUT2D eigenvalue weighted by Crippen LogP contribution is -3.00. The Bertz CT molecular complexity index is 1090. The normalized spacial score (nSPS) is 22.9. The van der Waals surface area contributed by atoms with Crippen LogP contribution in [0.5, 0.6) is 0 Å². The maximum Gasteiger partial charge on any atom is 0.353 e. The van der Waals surface area contributed by atoms with Gasteiger partial charge >= 0.3 is 5.69 Å². The van der Waals surface area contributed by atoms with Crippen molar-refractivity contribution >= 4 is 29.7 Å². The number of nitro groups is 1. The van der Waals surface area contributed by atoms with E-state index in [4.69, 9.17) is 9.97 Å². The molecule has 0 unspecified atom stereocenters. The molecule has 0 aromatic carbocycles. The molecule has 7 rings (SSSR count). The Kier molecular flexibility index (Phi) is 25.4. The van der Waals surface area contributed by atoms with E-state index in [0.29, 0.717) is 17.5 Å². The number of aryl methyl sites for hydroxylation is 1. The van der Waals surface area contributed by atoms with E-state index in [0.717, 1.165) is 87.5 Å². The van der Waals surface area contributed by atoms with Gasteiger partial charge in [-0.05, 0) is 6.92 Å². The van der Waals surface area contributed by atoms with E-state index in [1.54, 1.807) is 0 Å². The third-order valence-corrected chi connectivity index (χ3v) is 12.4. The molecule has 4 spiro atoms. The number of rotatable bonds is 3. The molecule has 0 aliphatic carbocycles. The molecule has 19 nitrogen and oxygen atoms in total. The molecule has 0 amide bonds. The Labute approximate surface area is 332 Å². The van der Waals surface area contributed by atoms with Crippen LogP contribution in [0, 0.1) is 17.0 Å². The predicted molar refractivity (Wildman–Crippen MR) is 191 cm³/mol. The average molecular weight is 839 g/mol. The van der Waals surface area contributed by atoms with Gasteiger partial charge in [0.15, 0.2) is 0 Å². The second-order valence-electron chi connectivity index (χ2n) is 14.4. The predicted octanol–water partition coefficient (Wildman–Crippen LogP) is -14.7. The maximum atomic E-state index is 12.6. The van der Waals surface area contributed by atoms with Crippen LogP contribution >= 0.6 is 12.4 Å². The summed E-state index contributed by atoms with van der Waals surface area (Å²) in [5, 5.41) is 19.7. The number of quaternary nitrogens is 4. The van der Waals surface area contributed by atoms with Crippen molar-refractivity contribution < 1.29 is 92.9 Å². The number of halogens is 4. The van der Waals surface area contributed by atoms with Crippen molar-refractivity contribution in [3.8, 4) is 0 Å². The molecule has 52 heavy (non-hydrogen) atoms. The van der Waals surface area contributed by atoms with E-state index >= 15 is 0 Å². The van der Waals surface area contributed by atoms with E-state index in [1.165, 1.54) is 87.5 Å². The summed E-state index contributed by atoms with van der Waals surface area (Å²) in [7, 11) is 0. The second kappa shape index (κ2) is 23.0. The summed E-state index contributed by atoms with van der Waals surface area (Å²) < 4.78 is 4.89. The van der Waals surface area contributed by atoms with Gasteiger partial charge in [0, 0.05) is 26.2 Å². The quantitative estimate of drug-likeness (QED) is 0.167. The van der Waals surface area contributed by atoms with Crippen LogP contribution in [0.3, 0.4) is 0 Å². The fourth-order valence-electron chi connectivity index (χ4n) is 9.02.